The monoisotopic (exact) mass is 274 g/mol. The number of nitrogens with one attached hydrogen (secondary N) is 1. The van der Waals surface area contributed by atoms with Gasteiger partial charge in [-0.1, -0.05) is 17.7 Å². The maximum atomic E-state index is 12.4. The second-order valence-corrected chi connectivity index (χ2v) is 5.91. The Balaban J connectivity index is 1.61. The number of carbonyl (C=O) groups is 1. The lowest BCUT2D eigenvalue weighted by atomic mass is 10.1. The van der Waals surface area contributed by atoms with Gasteiger partial charge in [0.1, 0.15) is 0 Å². The van der Waals surface area contributed by atoms with Crippen molar-refractivity contribution in [2.24, 2.45) is 5.92 Å². The van der Waals surface area contributed by atoms with Crippen LogP contribution in [0.2, 0.25) is 0 Å². The summed E-state index contributed by atoms with van der Waals surface area (Å²) in [6.45, 7) is 4.49. The summed E-state index contributed by atoms with van der Waals surface area (Å²) < 4.78 is 5.41. The molecule has 1 atom stereocenters. The molecule has 1 aromatic carbocycles. The second-order valence-electron chi connectivity index (χ2n) is 5.91. The highest BCUT2D eigenvalue weighted by Crippen LogP contribution is 2.29. The second kappa shape index (κ2) is 5.83. The van der Waals surface area contributed by atoms with Gasteiger partial charge < -0.3 is 15.0 Å². The number of amides is 2. The van der Waals surface area contributed by atoms with E-state index in [-0.39, 0.29) is 6.03 Å². The Kier molecular flexibility index (Phi) is 3.92. The average molecular weight is 274 g/mol. The van der Waals surface area contributed by atoms with E-state index in [9.17, 15) is 4.79 Å². The lowest BCUT2D eigenvalue weighted by Gasteiger charge is -2.25. The Morgan fingerprint density at radius 2 is 2.05 bits per heavy atom. The minimum Gasteiger partial charge on any atom is -0.381 e. The van der Waals surface area contributed by atoms with Crippen molar-refractivity contribution in [2.75, 3.05) is 25.1 Å². The van der Waals surface area contributed by atoms with E-state index >= 15 is 0 Å². The third-order valence-corrected chi connectivity index (χ3v) is 4.03. The van der Waals surface area contributed by atoms with Crippen LogP contribution >= 0.6 is 0 Å². The molecular formula is C16H22N2O2. The number of benzene rings is 1. The van der Waals surface area contributed by atoms with Crippen molar-refractivity contribution in [3.8, 4) is 0 Å². The van der Waals surface area contributed by atoms with Gasteiger partial charge in [-0.25, -0.2) is 4.79 Å². The predicted molar refractivity (Wildman–Crippen MR) is 78.9 cm³/mol. The summed E-state index contributed by atoms with van der Waals surface area (Å²) >= 11 is 0. The Labute approximate surface area is 120 Å². The smallest absolute Gasteiger partial charge is 0.322 e. The van der Waals surface area contributed by atoms with Gasteiger partial charge in [0, 0.05) is 30.8 Å². The molecule has 0 radical (unpaired) electrons. The fourth-order valence-corrected chi connectivity index (χ4v) is 2.62. The quantitative estimate of drug-likeness (QED) is 0.917. The fourth-order valence-electron chi connectivity index (χ4n) is 2.62. The Morgan fingerprint density at radius 1 is 1.30 bits per heavy atom. The summed E-state index contributed by atoms with van der Waals surface area (Å²) in [5, 5.41) is 3.01. The molecule has 1 heterocycles. The van der Waals surface area contributed by atoms with Gasteiger partial charge in [-0.3, -0.25) is 0 Å². The molecule has 108 valence electrons. The highest BCUT2D eigenvalue weighted by Gasteiger charge is 2.34. The number of rotatable bonds is 4. The number of hydrogen-bond acceptors (Lipinski definition) is 2. The van der Waals surface area contributed by atoms with Crippen molar-refractivity contribution >= 4 is 11.7 Å². The summed E-state index contributed by atoms with van der Waals surface area (Å²) in [5.41, 5.74) is 2.07. The molecule has 1 aliphatic heterocycles. The highest BCUT2D eigenvalue weighted by molar-refractivity contribution is 5.89. The van der Waals surface area contributed by atoms with Gasteiger partial charge in [0.25, 0.3) is 0 Å². The normalized spacial score (nSPS) is 21.8. The van der Waals surface area contributed by atoms with Crippen LogP contribution < -0.4 is 5.32 Å². The first-order valence-electron chi connectivity index (χ1n) is 7.44. The number of aryl methyl sites for hydroxylation is 1. The molecule has 2 aliphatic rings. The number of ether oxygens (including phenoxy) is 1. The first-order valence-corrected chi connectivity index (χ1v) is 7.44. The zero-order valence-electron chi connectivity index (χ0n) is 12.0. The van der Waals surface area contributed by atoms with E-state index in [0.29, 0.717) is 12.0 Å². The van der Waals surface area contributed by atoms with Crippen LogP contribution in [0.5, 0.6) is 0 Å². The summed E-state index contributed by atoms with van der Waals surface area (Å²) in [4.78, 5) is 14.4. The summed E-state index contributed by atoms with van der Waals surface area (Å²) in [5.74, 6) is 0.499. The topological polar surface area (TPSA) is 41.6 Å². The fraction of sp³-hybridized carbons (Fsp3) is 0.562. The molecule has 4 nitrogen and oxygen atoms in total. The third-order valence-electron chi connectivity index (χ3n) is 4.03. The van der Waals surface area contributed by atoms with Crippen molar-refractivity contribution in [1.29, 1.82) is 0 Å². The van der Waals surface area contributed by atoms with E-state index in [2.05, 4.69) is 5.32 Å². The van der Waals surface area contributed by atoms with E-state index in [1.807, 2.05) is 36.1 Å². The Hall–Kier alpha value is -1.55. The van der Waals surface area contributed by atoms with Crippen LogP contribution in [0, 0.1) is 12.8 Å². The molecule has 20 heavy (non-hydrogen) atoms. The number of anilines is 1. The summed E-state index contributed by atoms with van der Waals surface area (Å²) in [6, 6.07) is 8.40. The van der Waals surface area contributed by atoms with Crippen molar-refractivity contribution in [3.05, 3.63) is 29.8 Å². The molecule has 1 saturated carbocycles. The van der Waals surface area contributed by atoms with Crippen LogP contribution in [0.4, 0.5) is 10.5 Å². The Bertz CT molecular complexity index is 462. The van der Waals surface area contributed by atoms with Crippen LogP contribution in [-0.2, 0) is 4.74 Å². The lowest BCUT2D eigenvalue weighted by molar-refractivity contribution is 0.167. The molecule has 0 spiro atoms. The summed E-state index contributed by atoms with van der Waals surface area (Å²) in [7, 11) is 0. The van der Waals surface area contributed by atoms with E-state index in [1.165, 1.54) is 5.56 Å². The molecule has 1 aromatic rings. The van der Waals surface area contributed by atoms with Gasteiger partial charge in [-0.05, 0) is 38.3 Å². The number of nitrogens with zero attached hydrogens (tertiary/aromatic N) is 1. The lowest BCUT2D eigenvalue weighted by Crippen LogP contribution is -2.40. The average Bonchev–Trinajstić information content (AvgIpc) is 3.15. The molecule has 3 rings (SSSR count). The van der Waals surface area contributed by atoms with E-state index in [0.717, 1.165) is 44.7 Å². The molecular weight excluding hydrogens is 252 g/mol. The molecule has 4 heteroatoms. The van der Waals surface area contributed by atoms with Gasteiger partial charge in [-0.2, -0.15) is 0 Å². The largest absolute Gasteiger partial charge is 0.381 e. The maximum Gasteiger partial charge on any atom is 0.322 e. The molecule has 1 unspecified atom stereocenters. The number of carbonyl (C=O) groups excluding carboxylic acids is 1. The SMILES string of the molecule is Cc1ccc(NC(=O)N(CC2CCOC2)C2CC2)cc1. The van der Waals surface area contributed by atoms with Crippen LogP contribution in [0.1, 0.15) is 24.8 Å². The van der Waals surface area contributed by atoms with Gasteiger partial charge >= 0.3 is 6.03 Å². The molecule has 2 amide bonds. The molecule has 1 N–H and O–H groups in total. The predicted octanol–water partition coefficient (Wildman–Crippen LogP) is 3.03. The molecule has 1 aliphatic carbocycles. The first-order chi connectivity index (χ1) is 9.72. The van der Waals surface area contributed by atoms with E-state index < -0.39 is 0 Å². The summed E-state index contributed by atoms with van der Waals surface area (Å²) in [6.07, 6.45) is 3.34. The van der Waals surface area contributed by atoms with Crippen LogP contribution in [0.3, 0.4) is 0 Å². The molecule has 0 aromatic heterocycles. The minimum absolute atomic E-state index is 0.0308. The van der Waals surface area contributed by atoms with Gasteiger partial charge in [-0.15, -0.1) is 0 Å². The zero-order chi connectivity index (χ0) is 13.9. The van der Waals surface area contributed by atoms with E-state index in [4.69, 9.17) is 4.74 Å². The van der Waals surface area contributed by atoms with E-state index in [1.54, 1.807) is 0 Å². The van der Waals surface area contributed by atoms with Gasteiger partial charge in [0.15, 0.2) is 0 Å². The third kappa shape index (κ3) is 3.31. The molecule has 0 bridgehead atoms. The molecule has 2 fully saturated rings. The van der Waals surface area contributed by atoms with Crippen LogP contribution in [0.15, 0.2) is 24.3 Å². The first kappa shape index (κ1) is 13.4. The van der Waals surface area contributed by atoms with Crippen molar-refractivity contribution < 1.29 is 9.53 Å². The maximum absolute atomic E-state index is 12.4. The molecule has 1 saturated heterocycles. The van der Waals surface area contributed by atoms with Crippen molar-refractivity contribution in [3.63, 3.8) is 0 Å². The van der Waals surface area contributed by atoms with Gasteiger partial charge in [0.05, 0.1) is 6.61 Å². The Morgan fingerprint density at radius 3 is 2.65 bits per heavy atom. The van der Waals surface area contributed by atoms with Gasteiger partial charge in [0.2, 0.25) is 0 Å². The van der Waals surface area contributed by atoms with Crippen LogP contribution in [0.25, 0.3) is 0 Å². The van der Waals surface area contributed by atoms with Crippen molar-refractivity contribution in [1.82, 2.24) is 4.90 Å². The number of urea groups is 1. The van der Waals surface area contributed by atoms with Crippen LogP contribution in [-0.4, -0.2) is 36.7 Å². The minimum atomic E-state index is 0.0308. The number of hydrogen-bond donors (Lipinski definition) is 1. The zero-order valence-corrected chi connectivity index (χ0v) is 12.0. The standard InChI is InChI=1S/C16H22N2O2/c1-12-2-4-14(5-3-12)17-16(19)18(15-6-7-15)10-13-8-9-20-11-13/h2-5,13,15H,6-11H2,1H3,(H,17,19). The van der Waals surface area contributed by atoms with Crippen molar-refractivity contribution in [2.45, 2.75) is 32.2 Å². The highest BCUT2D eigenvalue weighted by atomic mass is 16.5.